The predicted molar refractivity (Wildman–Crippen MR) is 54.0 cm³/mol. The highest BCUT2D eigenvalue weighted by Gasteiger charge is 2.23. The Hall–Kier alpha value is -0.960. The zero-order chi connectivity index (χ0) is 8.67. The monoisotopic (exact) mass is 190 g/mol. The van der Waals surface area contributed by atoms with Crippen molar-refractivity contribution in [1.29, 1.82) is 0 Å². The summed E-state index contributed by atoms with van der Waals surface area (Å²) in [6, 6.07) is 2.05. The van der Waals surface area contributed by atoms with Crippen LogP contribution in [0.2, 0.25) is 0 Å². The number of aromatic nitrogens is 2. The van der Waals surface area contributed by atoms with Gasteiger partial charge in [-0.25, -0.2) is 4.98 Å². The molecule has 0 amide bonds. The Morgan fingerprint density at radius 2 is 2.23 bits per heavy atom. The Morgan fingerprint density at radius 1 is 1.31 bits per heavy atom. The largest absolute Gasteiger partial charge is 0.259 e. The molecule has 66 valence electrons. The second kappa shape index (κ2) is 2.77. The fourth-order valence-corrected chi connectivity index (χ4v) is 2.47. The summed E-state index contributed by atoms with van der Waals surface area (Å²) in [5.41, 5.74) is 4.27. The molecule has 2 heterocycles. The highest BCUT2D eigenvalue weighted by molar-refractivity contribution is 7.16. The second-order valence-electron chi connectivity index (χ2n) is 3.52. The van der Waals surface area contributed by atoms with Crippen LogP contribution in [0.1, 0.15) is 30.9 Å². The fourth-order valence-electron chi connectivity index (χ4n) is 1.79. The molecule has 2 nitrogen and oxygen atoms in total. The highest BCUT2D eigenvalue weighted by atomic mass is 32.1. The Bertz CT molecular complexity index is 431. The molecule has 0 unspecified atom stereocenters. The van der Waals surface area contributed by atoms with Crippen molar-refractivity contribution in [2.75, 3.05) is 0 Å². The first-order valence-electron chi connectivity index (χ1n) is 4.63. The van der Waals surface area contributed by atoms with E-state index in [0.717, 1.165) is 5.52 Å². The van der Waals surface area contributed by atoms with Crippen molar-refractivity contribution < 1.29 is 0 Å². The predicted octanol–water partition coefficient (Wildman–Crippen LogP) is 2.96. The van der Waals surface area contributed by atoms with Gasteiger partial charge in [0.1, 0.15) is 5.52 Å². The Balaban J connectivity index is 2.20. The minimum absolute atomic E-state index is 0.686. The van der Waals surface area contributed by atoms with E-state index in [9.17, 15) is 0 Å². The SMILES string of the molecule is c1cc2scnc2c(C2CCC2)n1. The van der Waals surface area contributed by atoms with E-state index < -0.39 is 0 Å². The van der Waals surface area contributed by atoms with Gasteiger partial charge >= 0.3 is 0 Å². The summed E-state index contributed by atoms with van der Waals surface area (Å²) in [6.45, 7) is 0. The Kier molecular flexibility index (Phi) is 1.59. The molecule has 1 aliphatic carbocycles. The van der Waals surface area contributed by atoms with Gasteiger partial charge in [-0.2, -0.15) is 0 Å². The zero-order valence-electron chi connectivity index (χ0n) is 7.23. The van der Waals surface area contributed by atoms with Gasteiger partial charge in [0, 0.05) is 12.1 Å². The third kappa shape index (κ3) is 1.07. The summed E-state index contributed by atoms with van der Waals surface area (Å²) in [6.07, 6.45) is 5.86. The van der Waals surface area contributed by atoms with Gasteiger partial charge in [-0.15, -0.1) is 11.3 Å². The smallest absolute Gasteiger partial charge is 0.103 e. The normalized spacial score (nSPS) is 17.5. The number of hydrogen-bond acceptors (Lipinski definition) is 3. The molecule has 13 heavy (non-hydrogen) atoms. The summed E-state index contributed by atoms with van der Waals surface area (Å²) >= 11 is 1.70. The fraction of sp³-hybridized carbons (Fsp3) is 0.400. The quantitative estimate of drug-likeness (QED) is 0.691. The molecule has 0 bridgehead atoms. The molecule has 3 heteroatoms. The lowest BCUT2D eigenvalue weighted by atomic mass is 9.82. The van der Waals surface area contributed by atoms with Crippen molar-refractivity contribution in [2.45, 2.75) is 25.2 Å². The summed E-state index contributed by atoms with van der Waals surface area (Å²) < 4.78 is 1.27. The molecule has 0 aromatic carbocycles. The van der Waals surface area contributed by atoms with Gasteiger partial charge in [-0.1, -0.05) is 6.42 Å². The maximum absolute atomic E-state index is 4.45. The molecule has 0 N–H and O–H groups in total. The standard InChI is InChI=1S/C10H10N2S/c1-2-7(3-1)9-10-8(4-5-11-9)13-6-12-10/h4-7H,1-3H2. The molecule has 2 aromatic rings. The molecule has 0 aliphatic heterocycles. The number of fused-ring (bicyclic) bond motifs is 1. The first kappa shape index (κ1) is 7.44. The van der Waals surface area contributed by atoms with E-state index >= 15 is 0 Å². The second-order valence-corrected chi connectivity index (χ2v) is 4.41. The van der Waals surface area contributed by atoms with Gasteiger partial charge in [-0.3, -0.25) is 4.98 Å². The van der Waals surface area contributed by atoms with E-state index in [1.54, 1.807) is 11.3 Å². The van der Waals surface area contributed by atoms with E-state index in [4.69, 9.17) is 0 Å². The molecular formula is C10H10N2S. The maximum atomic E-state index is 4.45. The molecule has 1 saturated carbocycles. The number of thiazole rings is 1. The van der Waals surface area contributed by atoms with Gasteiger partial charge < -0.3 is 0 Å². The van der Waals surface area contributed by atoms with Crippen LogP contribution in [0, 0.1) is 0 Å². The van der Waals surface area contributed by atoms with E-state index in [2.05, 4.69) is 16.0 Å². The van der Waals surface area contributed by atoms with Crippen molar-refractivity contribution in [3.63, 3.8) is 0 Å². The van der Waals surface area contributed by atoms with Crippen molar-refractivity contribution in [1.82, 2.24) is 9.97 Å². The van der Waals surface area contributed by atoms with E-state index in [1.807, 2.05) is 11.7 Å². The summed E-state index contributed by atoms with van der Waals surface area (Å²) in [7, 11) is 0. The van der Waals surface area contributed by atoms with Crippen LogP contribution in [-0.4, -0.2) is 9.97 Å². The van der Waals surface area contributed by atoms with Crippen molar-refractivity contribution >= 4 is 21.6 Å². The third-order valence-corrected chi connectivity index (χ3v) is 3.56. The van der Waals surface area contributed by atoms with Crippen LogP contribution in [0.25, 0.3) is 10.2 Å². The lowest BCUT2D eigenvalue weighted by Crippen LogP contribution is -2.10. The zero-order valence-corrected chi connectivity index (χ0v) is 8.05. The van der Waals surface area contributed by atoms with Gasteiger partial charge in [0.15, 0.2) is 0 Å². The molecule has 0 radical (unpaired) electrons. The lowest BCUT2D eigenvalue weighted by Gasteiger charge is -2.24. The van der Waals surface area contributed by atoms with Crippen molar-refractivity contribution in [3.05, 3.63) is 23.5 Å². The van der Waals surface area contributed by atoms with Crippen LogP contribution in [0.15, 0.2) is 17.8 Å². The Labute approximate surface area is 80.6 Å². The van der Waals surface area contributed by atoms with Crippen LogP contribution >= 0.6 is 11.3 Å². The van der Waals surface area contributed by atoms with Crippen molar-refractivity contribution in [3.8, 4) is 0 Å². The maximum Gasteiger partial charge on any atom is 0.103 e. The molecule has 1 fully saturated rings. The minimum Gasteiger partial charge on any atom is -0.259 e. The molecule has 3 rings (SSSR count). The van der Waals surface area contributed by atoms with E-state index in [0.29, 0.717) is 5.92 Å². The molecule has 0 spiro atoms. The van der Waals surface area contributed by atoms with Crippen molar-refractivity contribution in [2.24, 2.45) is 0 Å². The van der Waals surface area contributed by atoms with Crippen LogP contribution in [0.5, 0.6) is 0 Å². The lowest BCUT2D eigenvalue weighted by molar-refractivity contribution is 0.413. The Morgan fingerprint density at radius 3 is 3.00 bits per heavy atom. The number of rotatable bonds is 1. The first-order chi connectivity index (χ1) is 6.45. The first-order valence-corrected chi connectivity index (χ1v) is 5.51. The van der Waals surface area contributed by atoms with Crippen LogP contribution in [0.4, 0.5) is 0 Å². The van der Waals surface area contributed by atoms with Crippen LogP contribution in [-0.2, 0) is 0 Å². The molecular weight excluding hydrogens is 180 g/mol. The van der Waals surface area contributed by atoms with E-state index in [1.165, 1.54) is 29.7 Å². The van der Waals surface area contributed by atoms with Gasteiger partial charge in [0.25, 0.3) is 0 Å². The summed E-state index contributed by atoms with van der Waals surface area (Å²) in [5, 5.41) is 0. The van der Waals surface area contributed by atoms with E-state index in [-0.39, 0.29) is 0 Å². The van der Waals surface area contributed by atoms with Crippen LogP contribution in [0.3, 0.4) is 0 Å². The minimum atomic E-state index is 0.686. The number of hydrogen-bond donors (Lipinski definition) is 0. The molecule has 2 aromatic heterocycles. The topological polar surface area (TPSA) is 25.8 Å². The summed E-state index contributed by atoms with van der Waals surface area (Å²) in [4.78, 5) is 8.82. The average Bonchev–Trinajstić information content (AvgIpc) is 2.49. The van der Waals surface area contributed by atoms with Gasteiger partial charge in [0.05, 0.1) is 15.9 Å². The third-order valence-electron chi connectivity index (χ3n) is 2.77. The van der Waals surface area contributed by atoms with Gasteiger partial charge in [-0.05, 0) is 18.9 Å². The average molecular weight is 190 g/mol. The van der Waals surface area contributed by atoms with Gasteiger partial charge in [0.2, 0.25) is 0 Å². The molecule has 0 atom stereocenters. The molecule has 1 aliphatic rings. The summed E-state index contributed by atoms with van der Waals surface area (Å²) in [5.74, 6) is 0.686. The molecule has 0 saturated heterocycles. The highest BCUT2D eigenvalue weighted by Crippen LogP contribution is 2.38. The number of pyridine rings is 1. The van der Waals surface area contributed by atoms with Crippen LogP contribution < -0.4 is 0 Å². The number of nitrogens with zero attached hydrogens (tertiary/aromatic N) is 2.